The van der Waals surface area contributed by atoms with Crippen molar-refractivity contribution < 1.29 is 4.79 Å². The number of hydrogen-bond donors (Lipinski definition) is 0. The zero-order valence-corrected chi connectivity index (χ0v) is 12.2. The Bertz CT molecular complexity index is 454. The van der Waals surface area contributed by atoms with E-state index in [0.29, 0.717) is 29.0 Å². The van der Waals surface area contributed by atoms with Crippen LogP contribution >= 0.6 is 0 Å². The van der Waals surface area contributed by atoms with Gasteiger partial charge < -0.3 is 4.90 Å². The van der Waals surface area contributed by atoms with E-state index in [1.165, 1.54) is 44.3 Å². The molecule has 19 heavy (non-hydrogen) atoms. The Morgan fingerprint density at radius 2 is 2.21 bits per heavy atom. The van der Waals surface area contributed by atoms with Gasteiger partial charge in [0.2, 0.25) is 0 Å². The van der Waals surface area contributed by atoms with Crippen molar-refractivity contribution >= 4 is 5.78 Å². The fourth-order valence-electron chi connectivity index (χ4n) is 5.97. The fraction of sp³-hybridized carbons (Fsp3) is 0.824. The minimum absolute atomic E-state index is 0.372. The van der Waals surface area contributed by atoms with Gasteiger partial charge in [0.05, 0.1) is 0 Å². The Labute approximate surface area is 116 Å². The molecule has 2 nitrogen and oxygen atoms in total. The SMILES string of the molecule is CC1=CCC23C[C@@H]4CN(C)CC[C@@H]4[C@H]2C(=O)C[C@@H]3C1. The molecule has 1 heterocycles. The van der Waals surface area contributed by atoms with E-state index < -0.39 is 0 Å². The smallest absolute Gasteiger partial charge is 0.137 e. The lowest BCUT2D eigenvalue weighted by molar-refractivity contribution is -0.123. The van der Waals surface area contributed by atoms with Gasteiger partial charge in [-0.15, -0.1) is 0 Å². The van der Waals surface area contributed by atoms with E-state index in [4.69, 9.17) is 0 Å². The summed E-state index contributed by atoms with van der Waals surface area (Å²) in [5.41, 5.74) is 1.90. The third-order valence-corrected chi connectivity index (χ3v) is 6.69. The van der Waals surface area contributed by atoms with E-state index in [-0.39, 0.29) is 0 Å². The standard InChI is InChI=1S/C17H25NO/c1-11-3-5-17-9-12-10-18(2)6-4-14(12)16(17)15(19)8-13(17)7-11/h3,12-14,16H,4-10H2,1-2H3/t12-,13+,14+,16+,17?/m1/s1. The summed E-state index contributed by atoms with van der Waals surface area (Å²) < 4.78 is 0. The van der Waals surface area contributed by atoms with Gasteiger partial charge in [0.15, 0.2) is 0 Å². The predicted octanol–water partition coefficient (Wildman–Crippen LogP) is 2.89. The number of likely N-dealkylation sites (tertiary alicyclic amines) is 1. The van der Waals surface area contributed by atoms with Crippen molar-refractivity contribution in [2.45, 2.75) is 39.0 Å². The van der Waals surface area contributed by atoms with Crippen molar-refractivity contribution in [2.24, 2.45) is 29.1 Å². The maximum Gasteiger partial charge on any atom is 0.137 e. The van der Waals surface area contributed by atoms with E-state index >= 15 is 0 Å². The first-order valence-corrected chi connectivity index (χ1v) is 7.97. The molecule has 4 aliphatic rings. The largest absolute Gasteiger partial charge is 0.306 e. The third-order valence-electron chi connectivity index (χ3n) is 6.69. The quantitative estimate of drug-likeness (QED) is 0.623. The van der Waals surface area contributed by atoms with Crippen LogP contribution in [0.15, 0.2) is 11.6 Å². The van der Waals surface area contributed by atoms with E-state index in [0.717, 1.165) is 12.3 Å². The predicted molar refractivity (Wildman–Crippen MR) is 75.7 cm³/mol. The first-order valence-electron chi connectivity index (χ1n) is 7.97. The minimum atomic E-state index is 0.372. The molecule has 2 saturated carbocycles. The molecule has 1 unspecified atom stereocenters. The molecular weight excluding hydrogens is 234 g/mol. The molecule has 0 aromatic heterocycles. The van der Waals surface area contributed by atoms with Crippen LogP contribution in [-0.4, -0.2) is 30.8 Å². The molecule has 1 saturated heterocycles. The van der Waals surface area contributed by atoms with E-state index in [9.17, 15) is 4.79 Å². The lowest BCUT2D eigenvalue weighted by Crippen LogP contribution is -2.38. The molecule has 0 aromatic carbocycles. The van der Waals surface area contributed by atoms with Crippen LogP contribution in [0.4, 0.5) is 0 Å². The highest BCUT2D eigenvalue weighted by molar-refractivity contribution is 5.86. The Morgan fingerprint density at radius 3 is 3.05 bits per heavy atom. The highest BCUT2D eigenvalue weighted by Gasteiger charge is 2.63. The van der Waals surface area contributed by atoms with Gasteiger partial charge in [0, 0.05) is 18.9 Å². The molecule has 3 fully saturated rings. The fourth-order valence-corrected chi connectivity index (χ4v) is 5.97. The van der Waals surface area contributed by atoms with Crippen molar-refractivity contribution in [1.29, 1.82) is 0 Å². The lowest BCUT2D eigenvalue weighted by Gasteiger charge is -2.38. The summed E-state index contributed by atoms with van der Waals surface area (Å²) in [4.78, 5) is 15.1. The number of Topliss-reactive ketones (excluding diaryl/α,β-unsaturated/α-hetero) is 1. The molecular formula is C17H25NO. The van der Waals surface area contributed by atoms with Crippen molar-refractivity contribution in [3.8, 4) is 0 Å². The Morgan fingerprint density at radius 1 is 1.37 bits per heavy atom. The van der Waals surface area contributed by atoms with Crippen molar-refractivity contribution in [3.63, 3.8) is 0 Å². The molecule has 0 N–H and O–H groups in total. The molecule has 0 radical (unpaired) electrons. The summed E-state index contributed by atoms with van der Waals surface area (Å²) in [5, 5.41) is 0. The molecule has 5 atom stereocenters. The zero-order chi connectivity index (χ0) is 13.2. The summed E-state index contributed by atoms with van der Waals surface area (Å²) in [7, 11) is 2.24. The van der Waals surface area contributed by atoms with Crippen molar-refractivity contribution in [2.75, 3.05) is 20.1 Å². The molecule has 104 valence electrons. The number of piperidine rings is 1. The number of nitrogens with zero attached hydrogens (tertiary/aromatic N) is 1. The first kappa shape index (κ1) is 12.1. The molecule has 0 aromatic rings. The Hall–Kier alpha value is -0.630. The summed E-state index contributed by atoms with van der Waals surface area (Å²) in [6.07, 6.45) is 8.30. The van der Waals surface area contributed by atoms with Gasteiger partial charge >= 0.3 is 0 Å². The first-order chi connectivity index (χ1) is 9.10. The molecule has 4 rings (SSSR count). The molecule has 1 spiro atoms. The molecule has 0 bridgehead atoms. The van der Waals surface area contributed by atoms with E-state index in [2.05, 4.69) is 24.9 Å². The topological polar surface area (TPSA) is 20.3 Å². The number of ketones is 1. The van der Waals surface area contributed by atoms with Gasteiger partial charge in [-0.05, 0) is 69.4 Å². The van der Waals surface area contributed by atoms with Crippen LogP contribution in [0, 0.1) is 29.1 Å². The molecule has 0 amide bonds. The number of rotatable bonds is 0. The van der Waals surface area contributed by atoms with Gasteiger partial charge in [-0.25, -0.2) is 0 Å². The van der Waals surface area contributed by atoms with E-state index in [1.807, 2.05) is 0 Å². The Kier molecular flexibility index (Phi) is 2.52. The second-order valence-electron chi connectivity index (χ2n) is 7.72. The monoisotopic (exact) mass is 259 g/mol. The van der Waals surface area contributed by atoms with Crippen LogP contribution in [0.2, 0.25) is 0 Å². The summed E-state index contributed by atoms with van der Waals surface area (Å²) in [5.74, 6) is 3.21. The minimum Gasteiger partial charge on any atom is -0.306 e. The molecule has 2 heteroatoms. The van der Waals surface area contributed by atoms with E-state index in [1.54, 1.807) is 0 Å². The second kappa shape index (κ2) is 3.94. The van der Waals surface area contributed by atoms with Gasteiger partial charge in [0.25, 0.3) is 0 Å². The highest BCUT2D eigenvalue weighted by atomic mass is 16.1. The number of carbonyl (C=O) groups excluding carboxylic acids is 1. The van der Waals surface area contributed by atoms with Crippen LogP contribution in [0.25, 0.3) is 0 Å². The molecule has 1 aliphatic heterocycles. The molecule has 3 aliphatic carbocycles. The lowest BCUT2D eigenvalue weighted by atomic mass is 9.65. The normalized spacial score (nSPS) is 49.6. The third kappa shape index (κ3) is 1.55. The van der Waals surface area contributed by atoms with Crippen molar-refractivity contribution in [1.82, 2.24) is 4.90 Å². The number of allylic oxidation sites excluding steroid dienone is 2. The maximum absolute atomic E-state index is 12.6. The van der Waals surface area contributed by atoms with Crippen LogP contribution in [0.3, 0.4) is 0 Å². The highest BCUT2D eigenvalue weighted by Crippen LogP contribution is 2.66. The Balaban J connectivity index is 1.71. The van der Waals surface area contributed by atoms with Gasteiger partial charge in [-0.3, -0.25) is 4.79 Å². The van der Waals surface area contributed by atoms with Crippen LogP contribution in [-0.2, 0) is 4.79 Å². The second-order valence-corrected chi connectivity index (χ2v) is 7.72. The zero-order valence-electron chi connectivity index (χ0n) is 12.2. The summed E-state index contributed by atoms with van der Waals surface area (Å²) in [6, 6.07) is 0. The van der Waals surface area contributed by atoms with Gasteiger partial charge in [0.1, 0.15) is 5.78 Å². The maximum atomic E-state index is 12.6. The van der Waals surface area contributed by atoms with Crippen molar-refractivity contribution in [3.05, 3.63) is 11.6 Å². The average Bonchev–Trinajstić information content (AvgIpc) is 2.81. The summed E-state index contributed by atoms with van der Waals surface area (Å²) >= 11 is 0. The van der Waals surface area contributed by atoms with Gasteiger partial charge in [-0.1, -0.05) is 11.6 Å². The average molecular weight is 259 g/mol. The van der Waals surface area contributed by atoms with Crippen LogP contribution in [0.5, 0.6) is 0 Å². The number of hydrogen-bond acceptors (Lipinski definition) is 2. The number of fused-ring (bicyclic) bond motifs is 2. The number of carbonyl (C=O) groups is 1. The van der Waals surface area contributed by atoms with Crippen LogP contribution < -0.4 is 0 Å². The van der Waals surface area contributed by atoms with Gasteiger partial charge in [-0.2, -0.15) is 0 Å². The summed E-state index contributed by atoms with van der Waals surface area (Å²) in [6.45, 7) is 4.67. The van der Waals surface area contributed by atoms with Crippen LogP contribution in [0.1, 0.15) is 39.0 Å².